The molecule has 0 saturated carbocycles. The smallest absolute Gasteiger partial charge is 0.253 e. The van der Waals surface area contributed by atoms with Gasteiger partial charge in [-0.1, -0.05) is 26.0 Å². The van der Waals surface area contributed by atoms with E-state index in [1.807, 2.05) is 22.4 Å². The van der Waals surface area contributed by atoms with Gasteiger partial charge >= 0.3 is 0 Å². The first-order valence-corrected chi connectivity index (χ1v) is 11.1. The molecule has 1 aromatic carbocycles. The van der Waals surface area contributed by atoms with Crippen LogP contribution in [0.3, 0.4) is 0 Å². The van der Waals surface area contributed by atoms with Crippen molar-refractivity contribution in [3.8, 4) is 0 Å². The first-order chi connectivity index (χ1) is 12.3. The molecular weight excluding hydrogens is 368 g/mol. The van der Waals surface area contributed by atoms with E-state index < -0.39 is 10.0 Å². The lowest BCUT2D eigenvalue weighted by Gasteiger charge is -2.35. The second-order valence-corrected chi connectivity index (χ2v) is 9.89. The molecule has 0 bridgehead atoms. The number of nitrogens with one attached hydrogen (secondary N) is 1. The lowest BCUT2D eigenvalue weighted by molar-refractivity contribution is 0.0623. The number of nitrogens with zero attached hydrogens (tertiary/aromatic N) is 1. The van der Waals surface area contributed by atoms with Crippen LogP contribution in [0.15, 0.2) is 46.7 Å². The van der Waals surface area contributed by atoms with Crippen molar-refractivity contribution < 1.29 is 13.2 Å². The Morgan fingerprint density at radius 2 is 1.92 bits per heavy atom. The number of sulfonamides is 1. The quantitative estimate of drug-likeness (QED) is 0.849. The molecule has 2 aromatic rings. The van der Waals surface area contributed by atoms with Gasteiger partial charge in [-0.2, -0.15) is 0 Å². The van der Waals surface area contributed by atoms with Crippen LogP contribution < -0.4 is 4.72 Å². The molecule has 3 rings (SSSR count). The molecule has 1 aliphatic heterocycles. The summed E-state index contributed by atoms with van der Waals surface area (Å²) in [5.74, 6) is 0.822. The van der Waals surface area contributed by atoms with Crippen molar-refractivity contribution >= 4 is 27.3 Å². The number of piperidine rings is 1. The fourth-order valence-electron chi connectivity index (χ4n) is 3.47. The van der Waals surface area contributed by atoms with Crippen molar-refractivity contribution in [2.75, 3.05) is 13.1 Å². The summed E-state index contributed by atoms with van der Waals surface area (Å²) >= 11 is 1.50. The molecule has 0 aliphatic carbocycles. The van der Waals surface area contributed by atoms with E-state index in [-0.39, 0.29) is 17.3 Å². The van der Waals surface area contributed by atoms with Gasteiger partial charge in [-0.25, -0.2) is 13.1 Å². The summed E-state index contributed by atoms with van der Waals surface area (Å²) < 4.78 is 27.7. The van der Waals surface area contributed by atoms with Crippen molar-refractivity contribution in [1.29, 1.82) is 0 Å². The van der Waals surface area contributed by atoms with Gasteiger partial charge in [0.25, 0.3) is 5.91 Å². The summed E-state index contributed by atoms with van der Waals surface area (Å²) in [4.78, 5) is 15.7. The average molecular weight is 393 g/mol. The Kier molecular flexibility index (Phi) is 5.79. The molecule has 0 spiro atoms. The van der Waals surface area contributed by atoms with E-state index in [0.29, 0.717) is 17.4 Å². The molecule has 1 aliphatic rings. The molecule has 1 N–H and O–H groups in total. The van der Waals surface area contributed by atoms with E-state index in [4.69, 9.17) is 0 Å². The van der Waals surface area contributed by atoms with Crippen LogP contribution in [0.4, 0.5) is 0 Å². The number of hydrogen-bond donors (Lipinski definition) is 1. The number of likely N-dealkylation sites (tertiary alicyclic amines) is 1. The van der Waals surface area contributed by atoms with Crippen molar-refractivity contribution in [2.45, 2.75) is 31.7 Å². The third kappa shape index (κ3) is 4.52. The SMILES string of the molecule is CC1CC(C)CN(C(=O)c2cccc(S(=O)(=O)NCc3cccs3)c2)C1. The second kappa shape index (κ2) is 7.90. The number of hydrogen-bond acceptors (Lipinski definition) is 4. The number of amides is 1. The molecule has 2 atom stereocenters. The average Bonchev–Trinajstić information content (AvgIpc) is 3.12. The Bertz CT molecular complexity index is 853. The zero-order valence-electron chi connectivity index (χ0n) is 15.0. The number of thiophene rings is 1. The molecule has 2 heterocycles. The minimum absolute atomic E-state index is 0.0984. The van der Waals surface area contributed by atoms with Crippen LogP contribution in [-0.4, -0.2) is 32.3 Å². The van der Waals surface area contributed by atoms with Crippen molar-refractivity contribution in [3.05, 3.63) is 52.2 Å². The Morgan fingerprint density at radius 3 is 2.58 bits per heavy atom. The molecule has 1 amide bonds. The predicted octanol–water partition coefficient (Wildman–Crippen LogP) is 3.34. The normalized spacial score (nSPS) is 20.9. The molecule has 0 radical (unpaired) electrons. The fourth-order valence-corrected chi connectivity index (χ4v) is 5.26. The van der Waals surface area contributed by atoms with Gasteiger partial charge in [-0.3, -0.25) is 4.79 Å². The standard InChI is InChI=1S/C19H24N2O3S2/c1-14-9-15(2)13-21(12-14)19(22)16-5-3-7-18(10-16)26(23,24)20-11-17-6-4-8-25-17/h3-8,10,14-15,20H,9,11-13H2,1-2H3. The van der Waals surface area contributed by atoms with Crippen LogP contribution in [0.25, 0.3) is 0 Å². The summed E-state index contributed by atoms with van der Waals surface area (Å²) in [6.07, 6.45) is 1.12. The number of rotatable bonds is 5. The van der Waals surface area contributed by atoms with Crippen LogP contribution in [0, 0.1) is 11.8 Å². The van der Waals surface area contributed by atoms with E-state index in [1.54, 1.807) is 12.1 Å². The highest BCUT2D eigenvalue weighted by atomic mass is 32.2. The molecule has 2 unspecified atom stereocenters. The maximum atomic E-state index is 12.8. The Balaban J connectivity index is 1.75. The lowest BCUT2D eigenvalue weighted by Crippen LogP contribution is -2.42. The van der Waals surface area contributed by atoms with Crippen molar-refractivity contribution in [2.24, 2.45) is 11.8 Å². The molecule has 1 fully saturated rings. The van der Waals surface area contributed by atoms with Gasteiger partial charge in [0, 0.05) is 30.1 Å². The van der Waals surface area contributed by atoms with Gasteiger partial charge in [0.05, 0.1) is 4.90 Å². The van der Waals surface area contributed by atoms with Gasteiger partial charge in [0.2, 0.25) is 10.0 Å². The van der Waals surface area contributed by atoms with Gasteiger partial charge in [-0.15, -0.1) is 11.3 Å². The third-order valence-electron chi connectivity index (χ3n) is 4.56. The van der Waals surface area contributed by atoms with Crippen LogP contribution in [0.5, 0.6) is 0 Å². The number of carbonyl (C=O) groups excluding carboxylic acids is 1. The summed E-state index contributed by atoms with van der Waals surface area (Å²) in [5, 5.41) is 1.91. The summed E-state index contributed by atoms with van der Waals surface area (Å²) in [5.41, 5.74) is 0.422. The van der Waals surface area contributed by atoms with Crippen LogP contribution in [-0.2, 0) is 16.6 Å². The Labute approximate surface area is 159 Å². The summed E-state index contributed by atoms with van der Waals surface area (Å²) in [6, 6.07) is 10.1. The zero-order chi connectivity index (χ0) is 18.7. The van der Waals surface area contributed by atoms with Crippen molar-refractivity contribution in [3.63, 3.8) is 0 Å². The fraction of sp³-hybridized carbons (Fsp3) is 0.421. The van der Waals surface area contributed by atoms with E-state index in [1.165, 1.54) is 23.5 Å². The highest BCUT2D eigenvalue weighted by molar-refractivity contribution is 7.89. The van der Waals surface area contributed by atoms with Gasteiger partial charge in [0.1, 0.15) is 0 Å². The molecule has 26 heavy (non-hydrogen) atoms. The van der Waals surface area contributed by atoms with Gasteiger partial charge in [-0.05, 0) is 47.9 Å². The maximum Gasteiger partial charge on any atom is 0.253 e. The first kappa shape index (κ1) is 19.1. The van der Waals surface area contributed by atoms with Gasteiger partial charge < -0.3 is 4.90 Å². The molecule has 1 saturated heterocycles. The largest absolute Gasteiger partial charge is 0.338 e. The Morgan fingerprint density at radius 1 is 1.19 bits per heavy atom. The number of benzene rings is 1. The van der Waals surface area contributed by atoms with Crippen molar-refractivity contribution in [1.82, 2.24) is 9.62 Å². The van der Waals surface area contributed by atoms with Crippen LogP contribution >= 0.6 is 11.3 Å². The molecule has 1 aromatic heterocycles. The molecule has 140 valence electrons. The second-order valence-electron chi connectivity index (χ2n) is 7.09. The minimum Gasteiger partial charge on any atom is -0.338 e. The maximum absolute atomic E-state index is 12.8. The highest BCUT2D eigenvalue weighted by Gasteiger charge is 2.27. The minimum atomic E-state index is -3.66. The topological polar surface area (TPSA) is 66.5 Å². The molecular formula is C19H24N2O3S2. The Hall–Kier alpha value is -1.70. The predicted molar refractivity (Wildman–Crippen MR) is 104 cm³/mol. The molecule has 5 nitrogen and oxygen atoms in total. The van der Waals surface area contributed by atoms with E-state index >= 15 is 0 Å². The third-order valence-corrected chi connectivity index (χ3v) is 6.84. The van der Waals surface area contributed by atoms with Crippen LogP contribution in [0.2, 0.25) is 0 Å². The zero-order valence-corrected chi connectivity index (χ0v) is 16.6. The lowest BCUT2D eigenvalue weighted by atomic mass is 9.91. The van der Waals surface area contributed by atoms with Crippen LogP contribution in [0.1, 0.15) is 35.5 Å². The highest BCUT2D eigenvalue weighted by Crippen LogP contribution is 2.23. The number of carbonyl (C=O) groups is 1. The van der Waals surface area contributed by atoms with E-state index in [2.05, 4.69) is 18.6 Å². The summed E-state index contributed by atoms with van der Waals surface area (Å²) in [6.45, 7) is 5.98. The molecule has 7 heteroatoms. The van der Waals surface area contributed by atoms with E-state index in [0.717, 1.165) is 24.4 Å². The first-order valence-electron chi connectivity index (χ1n) is 8.76. The van der Waals surface area contributed by atoms with Gasteiger partial charge in [0.15, 0.2) is 0 Å². The summed E-state index contributed by atoms with van der Waals surface area (Å²) in [7, 11) is -3.66. The van der Waals surface area contributed by atoms with E-state index in [9.17, 15) is 13.2 Å². The monoisotopic (exact) mass is 392 g/mol.